The zero-order valence-electron chi connectivity index (χ0n) is 16.5. The number of nitrogens with zero attached hydrogens (tertiary/aromatic N) is 1. The summed E-state index contributed by atoms with van der Waals surface area (Å²) in [6.07, 6.45) is -1.39. The molecule has 2 aromatic rings. The lowest BCUT2D eigenvalue weighted by Crippen LogP contribution is -2.19. The van der Waals surface area contributed by atoms with Crippen LogP contribution in [0.3, 0.4) is 0 Å². The highest BCUT2D eigenvalue weighted by Crippen LogP contribution is 2.37. The summed E-state index contributed by atoms with van der Waals surface area (Å²) < 4.78 is 49.2. The first-order valence-electron chi connectivity index (χ1n) is 9.22. The minimum atomic E-state index is -4.34. The number of hydrogen-bond donors (Lipinski definition) is 0. The summed E-state index contributed by atoms with van der Waals surface area (Å²) in [5.74, 6) is 0.809. The van der Waals surface area contributed by atoms with Gasteiger partial charge in [-0.05, 0) is 43.2 Å². The highest BCUT2D eigenvalue weighted by Gasteiger charge is 2.30. The Balaban J connectivity index is 1.78. The third-order valence-corrected chi connectivity index (χ3v) is 5.10. The summed E-state index contributed by atoms with van der Waals surface area (Å²) in [6, 6.07) is 8.23. The van der Waals surface area contributed by atoms with Crippen molar-refractivity contribution in [3.8, 4) is 11.5 Å². The highest BCUT2D eigenvalue weighted by atomic mass is 35.5. The van der Waals surface area contributed by atoms with E-state index in [0.717, 1.165) is 18.6 Å². The molecule has 0 fully saturated rings. The predicted molar refractivity (Wildman–Crippen MR) is 121 cm³/mol. The van der Waals surface area contributed by atoms with Crippen molar-refractivity contribution >= 4 is 52.1 Å². The van der Waals surface area contributed by atoms with Gasteiger partial charge >= 0.3 is 6.18 Å². The van der Waals surface area contributed by atoms with E-state index in [9.17, 15) is 13.2 Å². The smallest absolute Gasteiger partial charge is 0.416 e. The van der Waals surface area contributed by atoms with E-state index in [4.69, 9.17) is 55.9 Å². The van der Waals surface area contributed by atoms with Gasteiger partial charge in [0.2, 0.25) is 0 Å². The number of alkyl halides is 3. The predicted octanol–water partition coefficient (Wildman–Crippen LogP) is 8.01. The zero-order valence-corrected chi connectivity index (χ0v) is 19.5. The maximum absolute atomic E-state index is 12.6. The number of rotatable bonds is 10. The molecule has 2 aromatic carbocycles. The number of unbranched alkanes of at least 4 members (excludes halogenated alkanes) is 1. The van der Waals surface area contributed by atoms with Gasteiger partial charge in [-0.25, -0.2) is 0 Å². The third-order valence-electron chi connectivity index (χ3n) is 4.23. The van der Waals surface area contributed by atoms with Crippen molar-refractivity contribution in [2.24, 2.45) is 0 Å². The molecule has 3 nitrogen and oxygen atoms in total. The number of hydrogen-bond acceptors (Lipinski definition) is 3. The van der Waals surface area contributed by atoms with Gasteiger partial charge in [0.25, 0.3) is 0 Å². The van der Waals surface area contributed by atoms with Crippen molar-refractivity contribution in [2.45, 2.75) is 19.0 Å². The van der Waals surface area contributed by atoms with E-state index >= 15 is 0 Å². The summed E-state index contributed by atoms with van der Waals surface area (Å²) >= 11 is 23.5. The Morgan fingerprint density at radius 1 is 1.00 bits per heavy atom. The Morgan fingerprint density at radius 3 is 2.16 bits per heavy atom. The van der Waals surface area contributed by atoms with E-state index in [1.54, 1.807) is 12.1 Å². The molecule has 0 radical (unpaired) electrons. The average molecular weight is 517 g/mol. The van der Waals surface area contributed by atoms with Crippen LogP contribution in [-0.2, 0) is 6.18 Å². The van der Waals surface area contributed by atoms with E-state index in [2.05, 4.69) is 0 Å². The molecule has 0 aliphatic rings. The second kappa shape index (κ2) is 12.0. The highest BCUT2D eigenvalue weighted by molar-refractivity contribution is 6.55. The Kier molecular flexibility index (Phi) is 9.94. The van der Waals surface area contributed by atoms with Crippen LogP contribution in [0.15, 0.2) is 47.0 Å². The van der Waals surface area contributed by atoms with Crippen LogP contribution in [0.1, 0.15) is 18.4 Å². The molecule has 0 aliphatic carbocycles. The first-order chi connectivity index (χ1) is 14.6. The van der Waals surface area contributed by atoms with Gasteiger partial charge < -0.3 is 14.4 Å². The molecular weight excluding hydrogens is 497 g/mol. The van der Waals surface area contributed by atoms with Crippen molar-refractivity contribution in [1.29, 1.82) is 0 Å². The van der Waals surface area contributed by atoms with Gasteiger partial charge in [-0.1, -0.05) is 46.4 Å². The first-order valence-corrected chi connectivity index (χ1v) is 10.7. The third kappa shape index (κ3) is 8.53. The number of benzene rings is 2. The molecule has 0 amide bonds. The first kappa shape index (κ1) is 25.8. The summed E-state index contributed by atoms with van der Waals surface area (Å²) in [6.45, 7) is 1.20. The van der Waals surface area contributed by atoms with Crippen LogP contribution in [0.5, 0.6) is 11.5 Å². The maximum atomic E-state index is 12.6. The van der Waals surface area contributed by atoms with Gasteiger partial charge in [0.15, 0.2) is 5.75 Å². The Bertz CT molecular complexity index is 862. The van der Waals surface area contributed by atoms with E-state index in [1.807, 2.05) is 11.9 Å². The lowest BCUT2D eigenvalue weighted by Gasteiger charge is -2.20. The number of anilines is 1. The molecule has 0 aliphatic heterocycles. The largest absolute Gasteiger partial charge is 0.490 e. The van der Waals surface area contributed by atoms with Crippen molar-refractivity contribution in [3.05, 3.63) is 62.6 Å². The van der Waals surface area contributed by atoms with Gasteiger partial charge in [-0.3, -0.25) is 0 Å². The second-order valence-corrected chi connectivity index (χ2v) is 8.36. The molecule has 0 saturated carbocycles. The van der Waals surface area contributed by atoms with Crippen LogP contribution < -0.4 is 14.4 Å². The fourth-order valence-corrected chi connectivity index (χ4v) is 3.32. The van der Waals surface area contributed by atoms with E-state index in [-0.39, 0.29) is 11.1 Å². The van der Waals surface area contributed by atoms with Crippen molar-refractivity contribution in [1.82, 2.24) is 0 Å². The molecule has 170 valence electrons. The minimum absolute atomic E-state index is 0.0983. The number of halogens is 7. The second-order valence-electron chi connectivity index (χ2n) is 6.54. The zero-order chi connectivity index (χ0) is 23.0. The summed E-state index contributed by atoms with van der Waals surface area (Å²) in [5.41, 5.74) is 0.0448. The SMILES string of the molecule is CN(CCCCOc1c(Cl)cc(OCC=C(Cl)Cl)cc1Cl)c1ccc(C(F)(F)F)cc1. The molecule has 0 unspecified atom stereocenters. The molecule has 0 N–H and O–H groups in total. The monoisotopic (exact) mass is 515 g/mol. The summed E-state index contributed by atoms with van der Waals surface area (Å²) in [4.78, 5) is 1.88. The summed E-state index contributed by atoms with van der Waals surface area (Å²) in [5, 5.41) is 0.621. The van der Waals surface area contributed by atoms with Crippen molar-refractivity contribution < 1.29 is 22.6 Å². The molecule has 0 aromatic heterocycles. The van der Waals surface area contributed by atoms with Gasteiger partial charge in [0.1, 0.15) is 16.8 Å². The molecular formula is C21H20Cl4F3NO2. The Morgan fingerprint density at radius 2 is 1.61 bits per heavy atom. The van der Waals surface area contributed by atoms with Crippen LogP contribution in [-0.4, -0.2) is 26.8 Å². The quantitative estimate of drug-likeness (QED) is 0.298. The van der Waals surface area contributed by atoms with Gasteiger partial charge in [-0.2, -0.15) is 13.2 Å². The lowest BCUT2D eigenvalue weighted by molar-refractivity contribution is -0.137. The molecule has 10 heteroatoms. The lowest BCUT2D eigenvalue weighted by atomic mass is 10.2. The minimum Gasteiger partial charge on any atom is -0.490 e. The average Bonchev–Trinajstić information content (AvgIpc) is 2.68. The molecule has 0 atom stereocenters. The fraction of sp³-hybridized carbons (Fsp3) is 0.333. The molecule has 0 spiro atoms. The molecule has 2 rings (SSSR count). The van der Waals surface area contributed by atoms with Gasteiger partial charge in [0, 0.05) is 31.4 Å². The molecule has 0 heterocycles. The van der Waals surface area contributed by atoms with Crippen LogP contribution in [0.25, 0.3) is 0 Å². The Labute approximate surface area is 199 Å². The number of ether oxygens (including phenoxy) is 2. The van der Waals surface area contributed by atoms with E-state index in [1.165, 1.54) is 18.2 Å². The van der Waals surface area contributed by atoms with Gasteiger partial charge in [0.05, 0.1) is 22.2 Å². The maximum Gasteiger partial charge on any atom is 0.416 e. The van der Waals surface area contributed by atoms with E-state index in [0.29, 0.717) is 46.8 Å². The summed E-state index contributed by atoms with van der Waals surface area (Å²) in [7, 11) is 1.82. The topological polar surface area (TPSA) is 21.7 Å². The fourth-order valence-electron chi connectivity index (χ4n) is 2.62. The van der Waals surface area contributed by atoms with Crippen LogP contribution >= 0.6 is 46.4 Å². The molecule has 31 heavy (non-hydrogen) atoms. The van der Waals surface area contributed by atoms with Crippen molar-refractivity contribution in [2.75, 3.05) is 31.7 Å². The molecule has 0 saturated heterocycles. The molecule has 0 bridgehead atoms. The van der Waals surface area contributed by atoms with Crippen molar-refractivity contribution in [3.63, 3.8) is 0 Å². The van der Waals surface area contributed by atoms with Gasteiger partial charge in [-0.15, -0.1) is 0 Å². The standard InChI is InChI=1S/C21H20Cl4F3NO2/c1-29(15-6-4-14(5-7-15)21(26,27)28)9-2-3-10-31-20-17(22)12-16(13-18(20)23)30-11-8-19(24)25/h4-8,12-13H,2-3,9-11H2,1H3. The van der Waals surface area contributed by atoms with Crippen LogP contribution in [0, 0.1) is 0 Å². The van der Waals surface area contributed by atoms with E-state index < -0.39 is 11.7 Å². The van der Waals surface area contributed by atoms with Crippen LogP contribution in [0.2, 0.25) is 10.0 Å². The van der Waals surface area contributed by atoms with Crippen LogP contribution in [0.4, 0.5) is 18.9 Å². The normalized spacial score (nSPS) is 11.2. The Hall–Kier alpha value is -1.47.